The standard InChI is InChI=1S/C19H27N5O3S/c1-20-16(25)12-23(4)17(26)13-28-19-21-15-9-6-5-8-14(15)18(27)24(19)11-7-10-22(2)3/h5-6,8-9H,7,10-13H2,1-4H3,(H,20,25). The second-order valence-electron chi connectivity index (χ2n) is 6.74. The van der Waals surface area contributed by atoms with E-state index in [0.29, 0.717) is 22.6 Å². The summed E-state index contributed by atoms with van der Waals surface area (Å²) in [6, 6.07) is 7.22. The van der Waals surface area contributed by atoms with E-state index in [1.54, 1.807) is 23.7 Å². The molecule has 0 fully saturated rings. The van der Waals surface area contributed by atoms with Gasteiger partial charge in [-0.2, -0.15) is 0 Å². The van der Waals surface area contributed by atoms with Crippen LogP contribution in [0.5, 0.6) is 0 Å². The maximum Gasteiger partial charge on any atom is 0.262 e. The molecule has 0 saturated heterocycles. The Hall–Kier alpha value is -2.39. The van der Waals surface area contributed by atoms with Crippen molar-refractivity contribution in [1.82, 2.24) is 24.7 Å². The highest BCUT2D eigenvalue weighted by molar-refractivity contribution is 7.99. The summed E-state index contributed by atoms with van der Waals surface area (Å²) in [6.45, 7) is 1.37. The summed E-state index contributed by atoms with van der Waals surface area (Å²) < 4.78 is 1.64. The first-order valence-corrected chi connectivity index (χ1v) is 10.0. The van der Waals surface area contributed by atoms with Crippen LogP contribution >= 0.6 is 11.8 Å². The lowest BCUT2D eigenvalue weighted by Gasteiger charge is -2.17. The Morgan fingerprint density at radius 1 is 1.21 bits per heavy atom. The van der Waals surface area contributed by atoms with E-state index in [2.05, 4.69) is 15.2 Å². The smallest absolute Gasteiger partial charge is 0.262 e. The lowest BCUT2D eigenvalue weighted by molar-refractivity contribution is -0.132. The number of thioether (sulfide) groups is 1. The van der Waals surface area contributed by atoms with Gasteiger partial charge in [-0.25, -0.2) is 4.98 Å². The summed E-state index contributed by atoms with van der Waals surface area (Å²) in [5, 5.41) is 3.58. The molecule has 2 aromatic rings. The average Bonchev–Trinajstić information content (AvgIpc) is 2.67. The predicted octanol–water partition coefficient (Wildman–Crippen LogP) is 0.645. The molecule has 1 N–H and O–H groups in total. The number of benzene rings is 1. The van der Waals surface area contributed by atoms with Gasteiger partial charge in [0, 0.05) is 20.6 Å². The van der Waals surface area contributed by atoms with E-state index >= 15 is 0 Å². The Morgan fingerprint density at radius 3 is 2.61 bits per heavy atom. The SMILES string of the molecule is CNC(=O)CN(C)C(=O)CSc1nc2ccccc2c(=O)n1CCCN(C)C. The van der Waals surface area contributed by atoms with Crippen LogP contribution in [0.1, 0.15) is 6.42 Å². The molecule has 0 saturated carbocycles. The molecular weight excluding hydrogens is 378 g/mol. The number of amides is 2. The van der Waals surface area contributed by atoms with E-state index < -0.39 is 0 Å². The second-order valence-corrected chi connectivity index (χ2v) is 7.68. The first kappa shape index (κ1) is 21.9. The van der Waals surface area contributed by atoms with Gasteiger partial charge in [-0.05, 0) is 39.2 Å². The fourth-order valence-electron chi connectivity index (χ4n) is 2.62. The van der Waals surface area contributed by atoms with E-state index in [-0.39, 0.29) is 29.7 Å². The first-order valence-electron chi connectivity index (χ1n) is 9.05. The van der Waals surface area contributed by atoms with E-state index in [1.165, 1.54) is 23.7 Å². The molecule has 0 radical (unpaired) electrons. The molecule has 0 aliphatic rings. The summed E-state index contributed by atoms with van der Waals surface area (Å²) in [7, 11) is 7.08. The monoisotopic (exact) mass is 405 g/mol. The van der Waals surface area contributed by atoms with Crippen LogP contribution in [0.2, 0.25) is 0 Å². The molecule has 9 heteroatoms. The van der Waals surface area contributed by atoms with E-state index in [0.717, 1.165) is 13.0 Å². The van der Waals surface area contributed by atoms with Crippen molar-refractivity contribution in [3.8, 4) is 0 Å². The largest absolute Gasteiger partial charge is 0.358 e. The van der Waals surface area contributed by atoms with Gasteiger partial charge in [0.1, 0.15) is 0 Å². The summed E-state index contributed by atoms with van der Waals surface area (Å²) in [4.78, 5) is 44.7. The number of carbonyl (C=O) groups excluding carboxylic acids is 2. The van der Waals surface area contributed by atoms with Crippen molar-refractivity contribution in [3.63, 3.8) is 0 Å². The van der Waals surface area contributed by atoms with Crippen LogP contribution in [0, 0.1) is 0 Å². The van der Waals surface area contributed by atoms with Crippen LogP contribution in [-0.4, -0.2) is 78.2 Å². The lowest BCUT2D eigenvalue weighted by atomic mass is 10.2. The topological polar surface area (TPSA) is 87.5 Å². The number of hydrogen-bond donors (Lipinski definition) is 1. The third-order valence-corrected chi connectivity index (χ3v) is 5.18. The number of para-hydroxylation sites is 1. The molecule has 0 spiro atoms. The van der Waals surface area contributed by atoms with E-state index in [4.69, 9.17) is 0 Å². The third-order valence-electron chi connectivity index (χ3n) is 4.22. The van der Waals surface area contributed by atoms with E-state index in [9.17, 15) is 14.4 Å². The van der Waals surface area contributed by atoms with Crippen LogP contribution in [-0.2, 0) is 16.1 Å². The highest BCUT2D eigenvalue weighted by atomic mass is 32.2. The molecule has 2 rings (SSSR count). The number of carbonyl (C=O) groups is 2. The van der Waals surface area contributed by atoms with Crippen LogP contribution < -0.4 is 10.9 Å². The Kier molecular flexibility index (Phi) is 8.01. The quantitative estimate of drug-likeness (QED) is 0.487. The molecule has 0 aliphatic heterocycles. The summed E-state index contributed by atoms with van der Waals surface area (Å²) in [6.07, 6.45) is 0.797. The fraction of sp³-hybridized carbons (Fsp3) is 0.474. The third kappa shape index (κ3) is 5.80. The highest BCUT2D eigenvalue weighted by Crippen LogP contribution is 2.18. The van der Waals surface area contributed by atoms with Crippen molar-refractivity contribution in [2.45, 2.75) is 18.1 Å². The molecule has 0 atom stereocenters. The summed E-state index contributed by atoms with van der Waals surface area (Å²) >= 11 is 1.22. The van der Waals surface area contributed by atoms with Gasteiger partial charge < -0.3 is 15.1 Å². The predicted molar refractivity (Wildman–Crippen MR) is 112 cm³/mol. The van der Waals surface area contributed by atoms with Gasteiger partial charge >= 0.3 is 0 Å². The minimum Gasteiger partial charge on any atom is -0.358 e. The van der Waals surface area contributed by atoms with Crippen molar-refractivity contribution >= 4 is 34.5 Å². The van der Waals surface area contributed by atoms with Gasteiger partial charge in [0.2, 0.25) is 11.8 Å². The van der Waals surface area contributed by atoms with Crippen molar-refractivity contribution in [3.05, 3.63) is 34.6 Å². The minimum absolute atomic E-state index is 0.00329. The lowest BCUT2D eigenvalue weighted by Crippen LogP contribution is -2.37. The molecule has 1 aromatic heterocycles. The van der Waals surface area contributed by atoms with Crippen molar-refractivity contribution in [2.75, 3.05) is 47.0 Å². The zero-order chi connectivity index (χ0) is 20.7. The molecule has 8 nitrogen and oxygen atoms in total. The molecule has 1 aromatic carbocycles. The number of nitrogens with zero attached hydrogens (tertiary/aromatic N) is 4. The average molecular weight is 406 g/mol. The molecule has 2 amide bonds. The molecule has 0 bridgehead atoms. The van der Waals surface area contributed by atoms with Crippen LogP contribution in [0.25, 0.3) is 10.9 Å². The fourth-order valence-corrected chi connectivity index (χ4v) is 3.59. The summed E-state index contributed by atoms with van der Waals surface area (Å²) in [5.41, 5.74) is 0.517. The summed E-state index contributed by atoms with van der Waals surface area (Å²) in [5.74, 6) is -0.326. The number of hydrogen-bond acceptors (Lipinski definition) is 6. The number of rotatable bonds is 9. The van der Waals surface area contributed by atoms with Gasteiger partial charge in [-0.15, -0.1) is 0 Å². The van der Waals surface area contributed by atoms with Crippen molar-refractivity contribution in [2.24, 2.45) is 0 Å². The molecule has 152 valence electrons. The Labute approximate surface area is 168 Å². The second kappa shape index (κ2) is 10.2. The number of fused-ring (bicyclic) bond motifs is 1. The van der Waals surface area contributed by atoms with Crippen LogP contribution in [0.4, 0.5) is 0 Å². The Balaban J connectivity index is 2.22. The maximum atomic E-state index is 12.9. The van der Waals surface area contributed by atoms with Gasteiger partial charge in [-0.1, -0.05) is 23.9 Å². The van der Waals surface area contributed by atoms with Crippen LogP contribution in [0.15, 0.2) is 34.2 Å². The molecule has 1 heterocycles. The molecule has 0 unspecified atom stereocenters. The van der Waals surface area contributed by atoms with Crippen molar-refractivity contribution < 1.29 is 9.59 Å². The van der Waals surface area contributed by atoms with Gasteiger partial charge in [0.05, 0.1) is 23.2 Å². The zero-order valence-electron chi connectivity index (χ0n) is 16.8. The van der Waals surface area contributed by atoms with E-state index in [1.807, 2.05) is 26.2 Å². The number of aromatic nitrogens is 2. The maximum absolute atomic E-state index is 12.9. The number of likely N-dealkylation sites (N-methyl/N-ethyl adjacent to an activating group) is 2. The van der Waals surface area contributed by atoms with Crippen LogP contribution in [0.3, 0.4) is 0 Å². The first-order chi connectivity index (χ1) is 13.3. The van der Waals surface area contributed by atoms with Gasteiger partial charge in [-0.3, -0.25) is 19.0 Å². The van der Waals surface area contributed by atoms with Gasteiger partial charge in [0.15, 0.2) is 5.16 Å². The molecular formula is C19H27N5O3S. The Bertz CT molecular complexity index is 897. The molecule has 0 aliphatic carbocycles. The minimum atomic E-state index is -0.231. The van der Waals surface area contributed by atoms with Gasteiger partial charge in [0.25, 0.3) is 5.56 Å². The number of nitrogens with one attached hydrogen (secondary N) is 1. The molecule has 28 heavy (non-hydrogen) atoms. The normalized spacial score (nSPS) is 11.0. The highest BCUT2D eigenvalue weighted by Gasteiger charge is 2.16. The Morgan fingerprint density at radius 2 is 1.93 bits per heavy atom. The zero-order valence-corrected chi connectivity index (χ0v) is 17.6. The van der Waals surface area contributed by atoms with Crippen molar-refractivity contribution in [1.29, 1.82) is 0 Å².